The molecule has 0 saturated carbocycles. The molecule has 1 heterocycles. The summed E-state index contributed by atoms with van der Waals surface area (Å²) in [5, 5.41) is 0.664. The summed E-state index contributed by atoms with van der Waals surface area (Å²) in [6.07, 6.45) is -0.170. The van der Waals surface area contributed by atoms with E-state index in [4.69, 9.17) is 33.7 Å². The number of aromatic nitrogens is 1. The lowest BCUT2D eigenvalue weighted by Crippen LogP contribution is -2.05. The Balaban J connectivity index is 2.22. The van der Waals surface area contributed by atoms with Gasteiger partial charge in [-0.25, -0.2) is 0 Å². The minimum Gasteiger partial charge on any atom is -0.469 e. The van der Waals surface area contributed by atoms with Gasteiger partial charge in [0.25, 0.3) is 0 Å². The SMILES string of the molecule is CC(Oc1nc(N)c(Cl)cc1Cl)c1ccccc1. The number of rotatable bonds is 3. The maximum atomic E-state index is 6.01. The lowest BCUT2D eigenvalue weighted by atomic mass is 10.1. The molecule has 3 nitrogen and oxygen atoms in total. The first kappa shape index (κ1) is 13.0. The zero-order valence-corrected chi connectivity index (χ0v) is 11.2. The number of nitrogens with two attached hydrogens (primary N) is 1. The first-order valence-corrected chi connectivity index (χ1v) is 6.16. The number of nitrogen functional groups attached to an aromatic ring is 1. The molecule has 1 atom stereocenters. The van der Waals surface area contributed by atoms with Crippen molar-refractivity contribution in [1.82, 2.24) is 4.98 Å². The van der Waals surface area contributed by atoms with Crippen LogP contribution in [0.3, 0.4) is 0 Å². The Hall–Kier alpha value is -1.45. The van der Waals surface area contributed by atoms with Crippen LogP contribution >= 0.6 is 23.2 Å². The molecule has 1 aromatic heterocycles. The second kappa shape index (κ2) is 5.46. The van der Waals surface area contributed by atoms with Gasteiger partial charge in [-0.3, -0.25) is 0 Å². The van der Waals surface area contributed by atoms with Crippen LogP contribution in [0.25, 0.3) is 0 Å². The average molecular weight is 283 g/mol. The molecule has 2 aromatic rings. The number of anilines is 1. The van der Waals surface area contributed by atoms with Crippen LogP contribution in [0.15, 0.2) is 36.4 Å². The normalized spacial score (nSPS) is 12.2. The van der Waals surface area contributed by atoms with Crippen molar-refractivity contribution in [3.8, 4) is 5.88 Å². The van der Waals surface area contributed by atoms with Crippen molar-refractivity contribution in [3.63, 3.8) is 0 Å². The van der Waals surface area contributed by atoms with Crippen molar-refractivity contribution in [2.24, 2.45) is 0 Å². The molecule has 94 valence electrons. The maximum Gasteiger partial charge on any atom is 0.235 e. The van der Waals surface area contributed by atoms with E-state index in [0.717, 1.165) is 5.56 Å². The van der Waals surface area contributed by atoms with Gasteiger partial charge in [0, 0.05) is 0 Å². The van der Waals surface area contributed by atoms with Crippen molar-refractivity contribution in [1.29, 1.82) is 0 Å². The zero-order chi connectivity index (χ0) is 13.1. The molecular weight excluding hydrogens is 271 g/mol. The second-order valence-corrected chi connectivity index (χ2v) is 4.63. The van der Waals surface area contributed by atoms with Gasteiger partial charge in [-0.1, -0.05) is 53.5 Å². The summed E-state index contributed by atoms with van der Waals surface area (Å²) in [5.74, 6) is 0.492. The predicted molar refractivity (Wildman–Crippen MR) is 74.2 cm³/mol. The van der Waals surface area contributed by atoms with Crippen molar-refractivity contribution in [2.45, 2.75) is 13.0 Å². The molecule has 0 spiro atoms. The Labute approximate surface area is 115 Å². The third-order valence-corrected chi connectivity index (χ3v) is 3.06. The number of halogens is 2. The van der Waals surface area contributed by atoms with Crippen molar-refractivity contribution < 1.29 is 4.74 Å². The summed E-state index contributed by atoms with van der Waals surface area (Å²) in [4.78, 5) is 4.03. The number of nitrogens with zero attached hydrogens (tertiary/aromatic N) is 1. The average Bonchev–Trinajstić information content (AvgIpc) is 2.37. The molecule has 0 radical (unpaired) electrons. The fourth-order valence-corrected chi connectivity index (χ4v) is 1.91. The molecule has 1 aromatic carbocycles. The fourth-order valence-electron chi connectivity index (χ4n) is 1.51. The van der Waals surface area contributed by atoms with E-state index in [0.29, 0.717) is 10.0 Å². The van der Waals surface area contributed by atoms with Crippen LogP contribution in [0.1, 0.15) is 18.6 Å². The quantitative estimate of drug-likeness (QED) is 0.922. The van der Waals surface area contributed by atoms with Gasteiger partial charge in [0.15, 0.2) is 0 Å². The van der Waals surface area contributed by atoms with Crippen LogP contribution in [0.2, 0.25) is 10.0 Å². The van der Waals surface area contributed by atoms with Gasteiger partial charge in [0.2, 0.25) is 5.88 Å². The molecule has 2 N–H and O–H groups in total. The van der Waals surface area contributed by atoms with E-state index < -0.39 is 0 Å². The van der Waals surface area contributed by atoms with Crippen LogP contribution < -0.4 is 10.5 Å². The van der Waals surface area contributed by atoms with Gasteiger partial charge < -0.3 is 10.5 Å². The van der Waals surface area contributed by atoms with E-state index >= 15 is 0 Å². The van der Waals surface area contributed by atoms with E-state index in [1.807, 2.05) is 37.3 Å². The smallest absolute Gasteiger partial charge is 0.235 e. The molecule has 0 aliphatic rings. The Kier molecular flexibility index (Phi) is 3.94. The molecule has 2 rings (SSSR count). The minimum absolute atomic E-state index is 0.170. The highest BCUT2D eigenvalue weighted by molar-refractivity contribution is 6.36. The van der Waals surface area contributed by atoms with Crippen LogP contribution in [0, 0.1) is 0 Å². The summed E-state index contributed by atoms with van der Waals surface area (Å²) < 4.78 is 5.69. The van der Waals surface area contributed by atoms with Crippen molar-refractivity contribution >= 4 is 29.0 Å². The third kappa shape index (κ3) is 2.86. The van der Waals surface area contributed by atoms with Crippen LogP contribution in [-0.4, -0.2) is 4.98 Å². The van der Waals surface area contributed by atoms with Gasteiger partial charge in [0.05, 0.1) is 5.02 Å². The number of benzene rings is 1. The van der Waals surface area contributed by atoms with Gasteiger partial charge >= 0.3 is 0 Å². The van der Waals surface area contributed by atoms with Gasteiger partial charge in [0.1, 0.15) is 16.9 Å². The van der Waals surface area contributed by atoms with Gasteiger partial charge in [-0.2, -0.15) is 4.98 Å². The Bertz CT molecular complexity index is 546. The summed E-state index contributed by atoms with van der Waals surface area (Å²) in [7, 11) is 0. The largest absolute Gasteiger partial charge is 0.469 e. The van der Waals surface area contributed by atoms with Crippen molar-refractivity contribution in [2.75, 3.05) is 5.73 Å². The maximum absolute atomic E-state index is 6.01. The molecule has 0 aliphatic carbocycles. The first-order valence-electron chi connectivity index (χ1n) is 5.41. The van der Waals surface area contributed by atoms with E-state index in [1.165, 1.54) is 6.07 Å². The molecule has 5 heteroatoms. The summed E-state index contributed by atoms with van der Waals surface area (Å²) in [5.41, 5.74) is 6.65. The highest BCUT2D eigenvalue weighted by Crippen LogP contribution is 2.31. The zero-order valence-electron chi connectivity index (χ0n) is 9.73. The topological polar surface area (TPSA) is 48.1 Å². The number of pyridine rings is 1. The molecule has 0 bridgehead atoms. The standard InChI is InChI=1S/C13H12Cl2N2O/c1-8(9-5-3-2-4-6-9)18-13-11(15)7-10(14)12(16)17-13/h2-8H,1H3,(H2,16,17). The summed E-state index contributed by atoms with van der Waals surface area (Å²) >= 11 is 11.8. The van der Waals surface area contributed by atoms with E-state index in [1.54, 1.807) is 0 Å². The highest BCUT2D eigenvalue weighted by Gasteiger charge is 2.13. The number of ether oxygens (including phenoxy) is 1. The Morgan fingerprint density at radius 1 is 1.17 bits per heavy atom. The van der Waals surface area contributed by atoms with Crippen molar-refractivity contribution in [3.05, 3.63) is 52.0 Å². The van der Waals surface area contributed by atoms with E-state index in [9.17, 15) is 0 Å². The minimum atomic E-state index is -0.170. The summed E-state index contributed by atoms with van der Waals surface area (Å²) in [6, 6.07) is 11.3. The first-order chi connectivity index (χ1) is 8.58. The van der Waals surface area contributed by atoms with Crippen LogP contribution in [0.5, 0.6) is 5.88 Å². The van der Waals surface area contributed by atoms with Crippen LogP contribution in [0.4, 0.5) is 5.82 Å². The number of hydrogen-bond donors (Lipinski definition) is 1. The van der Waals surface area contributed by atoms with E-state index in [-0.39, 0.29) is 17.8 Å². The highest BCUT2D eigenvalue weighted by atomic mass is 35.5. The third-order valence-electron chi connectivity index (χ3n) is 2.48. The monoisotopic (exact) mass is 282 g/mol. The molecule has 0 amide bonds. The Morgan fingerprint density at radius 3 is 2.50 bits per heavy atom. The van der Waals surface area contributed by atoms with Gasteiger partial charge in [-0.15, -0.1) is 0 Å². The molecular formula is C13H12Cl2N2O. The molecule has 0 fully saturated rings. The van der Waals surface area contributed by atoms with Gasteiger partial charge in [-0.05, 0) is 18.6 Å². The summed E-state index contributed by atoms with van der Waals surface area (Å²) in [6.45, 7) is 1.91. The van der Waals surface area contributed by atoms with E-state index in [2.05, 4.69) is 4.98 Å². The Morgan fingerprint density at radius 2 is 1.83 bits per heavy atom. The molecule has 18 heavy (non-hydrogen) atoms. The lowest BCUT2D eigenvalue weighted by Gasteiger charge is -2.15. The molecule has 0 aliphatic heterocycles. The molecule has 0 saturated heterocycles. The lowest BCUT2D eigenvalue weighted by molar-refractivity contribution is 0.218. The number of hydrogen-bond acceptors (Lipinski definition) is 3. The van der Waals surface area contributed by atoms with Crippen LogP contribution in [-0.2, 0) is 0 Å². The second-order valence-electron chi connectivity index (χ2n) is 3.81. The molecule has 1 unspecified atom stereocenters. The predicted octanol–water partition coefficient (Wildman–Crippen LogP) is 4.11. The fraction of sp³-hybridized carbons (Fsp3) is 0.154.